The standard InChI is InChI=1S/C26H23Cl2FO4S/c1-4-6-18-9-14-24(29)25(22-13-10-19(27)15-23(22)28)26(18)33-20(5-2)16-32-34(30,31)21-11-7-17(3)8-12-21/h4-15,20H,2,16H2,1,3H3/t20-/m1/s1. The Morgan fingerprint density at radius 1 is 1.09 bits per heavy atom. The molecule has 0 aliphatic heterocycles. The summed E-state index contributed by atoms with van der Waals surface area (Å²) in [5, 5.41) is 0.641. The van der Waals surface area contributed by atoms with E-state index in [1.807, 2.05) is 13.8 Å². The smallest absolute Gasteiger partial charge is 0.297 e. The van der Waals surface area contributed by atoms with Crippen molar-refractivity contribution in [1.82, 2.24) is 0 Å². The molecule has 3 aromatic rings. The second-order valence-electron chi connectivity index (χ2n) is 7.41. The highest BCUT2D eigenvalue weighted by Crippen LogP contribution is 2.41. The van der Waals surface area contributed by atoms with E-state index < -0.39 is 22.0 Å². The molecule has 0 aliphatic carbocycles. The highest BCUT2D eigenvalue weighted by atomic mass is 35.5. The third-order valence-electron chi connectivity index (χ3n) is 4.91. The van der Waals surface area contributed by atoms with Gasteiger partial charge in [0.1, 0.15) is 24.3 Å². The molecule has 0 unspecified atom stereocenters. The molecule has 0 saturated heterocycles. The Kier molecular flexibility index (Phi) is 8.55. The summed E-state index contributed by atoms with van der Waals surface area (Å²) in [4.78, 5) is 0.0231. The lowest BCUT2D eigenvalue weighted by Crippen LogP contribution is -2.23. The monoisotopic (exact) mass is 520 g/mol. The van der Waals surface area contributed by atoms with Crippen LogP contribution < -0.4 is 4.74 Å². The van der Waals surface area contributed by atoms with Gasteiger partial charge in [0.15, 0.2) is 0 Å². The fourth-order valence-electron chi connectivity index (χ4n) is 3.19. The van der Waals surface area contributed by atoms with Gasteiger partial charge in [-0.1, -0.05) is 65.7 Å². The molecule has 0 N–H and O–H groups in total. The van der Waals surface area contributed by atoms with Gasteiger partial charge in [-0.3, -0.25) is 4.18 Å². The molecule has 1 atom stereocenters. The lowest BCUT2D eigenvalue weighted by atomic mass is 10.00. The van der Waals surface area contributed by atoms with E-state index in [2.05, 4.69) is 6.58 Å². The Morgan fingerprint density at radius 3 is 2.41 bits per heavy atom. The highest BCUT2D eigenvalue weighted by molar-refractivity contribution is 7.86. The van der Waals surface area contributed by atoms with Gasteiger partial charge in [-0.2, -0.15) is 8.42 Å². The van der Waals surface area contributed by atoms with E-state index in [1.54, 1.807) is 42.5 Å². The van der Waals surface area contributed by atoms with Crippen molar-refractivity contribution < 1.29 is 21.7 Å². The predicted octanol–water partition coefficient (Wildman–Crippen LogP) is 7.48. The zero-order valence-corrected chi connectivity index (χ0v) is 20.9. The summed E-state index contributed by atoms with van der Waals surface area (Å²) < 4.78 is 51.5. The molecule has 0 spiro atoms. The van der Waals surface area contributed by atoms with Crippen LogP contribution in [0.5, 0.6) is 5.75 Å². The van der Waals surface area contributed by atoms with Crippen molar-refractivity contribution in [1.29, 1.82) is 0 Å². The number of benzene rings is 3. The number of halogens is 3. The molecule has 0 radical (unpaired) electrons. The Labute approximate surface area is 209 Å². The fourth-order valence-corrected chi connectivity index (χ4v) is 4.61. The topological polar surface area (TPSA) is 52.6 Å². The van der Waals surface area contributed by atoms with E-state index in [1.165, 1.54) is 30.3 Å². The molecule has 178 valence electrons. The van der Waals surface area contributed by atoms with Crippen molar-refractivity contribution in [2.45, 2.75) is 24.8 Å². The van der Waals surface area contributed by atoms with Gasteiger partial charge in [-0.05, 0) is 56.3 Å². The molecule has 34 heavy (non-hydrogen) atoms. The van der Waals surface area contributed by atoms with Crippen LogP contribution in [0.1, 0.15) is 18.1 Å². The van der Waals surface area contributed by atoms with Gasteiger partial charge in [0.25, 0.3) is 10.1 Å². The van der Waals surface area contributed by atoms with E-state index in [0.29, 0.717) is 16.1 Å². The normalized spacial score (nSPS) is 12.6. The van der Waals surface area contributed by atoms with E-state index in [0.717, 1.165) is 5.56 Å². The lowest BCUT2D eigenvalue weighted by Gasteiger charge is -2.21. The molecular formula is C26H23Cl2FO4S. The minimum Gasteiger partial charge on any atom is -0.483 e. The molecule has 0 heterocycles. The van der Waals surface area contributed by atoms with Crippen LogP contribution in [0.15, 0.2) is 78.2 Å². The average molecular weight is 521 g/mol. The molecule has 3 aromatic carbocycles. The van der Waals surface area contributed by atoms with Crippen LogP contribution >= 0.6 is 23.2 Å². The van der Waals surface area contributed by atoms with Crippen molar-refractivity contribution >= 4 is 39.4 Å². The zero-order chi connectivity index (χ0) is 24.9. The van der Waals surface area contributed by atoms with Gasteiger partial charge in [-0.15, -0.1) is 0 Å². The Bertz CT molecular complexity index is 1320. The second-order valence-corrected chi connectivity index (χ2v) is 9.87. The van der Waals surface area contributed by atoms with Crippen LogP contribution in [0, 0.1) is 12.7 Å². The van der Waals surface area contributed by atoms with Crippen molar-refractivity contribution in [2.24, 2.45) is 0 Å². The first-order valence-electron chi connectivity index (χ1n) is 10.3. The maximum atomic E-state index is 15.1. The van der Waals surface area contributed by atoms with E-state index in [9.17, 15) is 8.42 Å². The number of aryl methyl sites for hydroxylation is 1. The van der Waals surface area contributed by atoms with Gasteiger partial charge in [0.2, 0.25) is 0 Å². The molecular weight excluding hydrogens is 498 g/mol. The average Bonchev–Trinajstić information content (AvgIpc) is 2.79. The second kappa shape index (κ2) is 11.2. The number of rotatable bonds is 9. The largest absolute Gasteiger partial charge is 0.483 e. The summed E-state index contributed by atoms with van der Waals surface area (Å²) in [5.41, 5.74) is 1.98. The van der Waals surface area contributed by atoms with Gasteiger partial charge in [0.05, 0.1) is 15.5 Å². The maximum Gasteiger partial charge on any atom is 0.297 e. The minimum absolute atomic E-state index is 0.0231. The van der Waals surface area contributed by atoms with Gasteiger partial charge in [0, 0.05) is 16.1 Å². The molecule has 0 bridgehead atoms. The van der Waals surface area contributed by atoms with Crippen LogP contribution in [0.4, 0.5) is 4.39 Å². The van der Waals surface area contributed by atoms with Crippen LogP contribution in [-0.4, -0.2) is 21.1 Å². The molecule has 0 amide bonds. The number of allylic oxidation sites excluding steroid dienone is 1. The van der Waals surface area contributed by atoms with E-state index >= 15 is 4.39 Å². The van der Waals surface area contributed by atoms with Crippen molar-refractivity contribution in [3.8, 4) is 16.9 Å². The summed E-state index contributed by atoms with van der Waals surface area (Å²) in [6, 6.07) is 13.8. The van der Waals surface area contributed by atoms with Gasteiger partial charge >= 0.3 is 0 Å². The number of ether oxygens (including phenoxy) is 1. The summed E-state index contributed by atoms with van der Waals surface area (Å²) in [6.07, 6.45) is 4.00. The zero-order valence-electron chi connectivity index (χ0n) is 18.6. The SMILES string of the molecule is C=C[C@H](COS(=O)(=O)c1ccc(C)cc1)Oc1c(C=CC)ccc(F)c1-c1ccc(Cl)cc1Cl. The Morgan fingerprint density at radius 2 is 1.79 bits per heavy atom. The van der Waals surface area contributed by atoms with E-state index in [4.69, 9.17) is 32.1 Å². The van der Waals surface area contributed by atoms with Crippen LogP contribution in [0.2, 0.25) is 10.0 Å². The van der Waals surface area contributed by atoms with Crippen molar-refractivity contribution in [3.63, 3.8) is 0 Å². The fraction of sp³-hybridized carbons (Fsp3) is 0.154. The molecule has 4 nitrogen and oxygen atoms in total. The highest BCUT2D eigenvalue weighted by Gasteiger charge is 2.23. The summed E-state index contributed by atoms with van der Waals surface area (Å²) in [6.45, 7) is 7.02. The summed E-state index contributed by atoms with van der Waals surface area (Å²) >= 11 is 12.4. The Hall–Kier alpha value is -2.64. The van der Waals surface area contributed by atoms with Crippen LogP contribution in [0.3, 0.4) is 0 Å². The lowest BCUT2D eigenvalue weighted by molar-refractivity contribution is 0.168. The predicted molar refractivity (Wildman–Crippen MR) is 135 cm³/mol. The molecule has 0 fully saturated rings. The van der Waals surface area contributed by atoms with Crippen molar-refractivity contribution in [2.75, 3.05) is 6.61 Å². The molecule has 8 heteroatoms. The first-order valence-corrected chi connectivity index (χ1v) is 12.5. The third kappa shape index (κ3) is 6.07. The molecule has 3 rings (SSSR count). The summed E-state index contributed by atoms with van der Waals surface area (Å²) in [5.74, 6) is -0.396. The van der Waals surface area contributed by atoms with Crippen LogP contribution in [-0.2, 0) is 14.3 Å². The third-order valence-corrected chi connectivity index (χ3v) is 6.76. The molecule has 0 aromatic heterocycles. The number of hydrogen-bond acceptors (Lipinski definition) is 4. The first kappa shape index (κ1) is 26.0. The molecule has 0 aliphatic rings. The van der Waals surface area contributed by atoms with E-state index in [-0.39, 0.29) is 27.8 Å². The first-order chi connectivity index (χ1) is 16.2. The van der Waals surface area contributed by atoms with Gasteiger partial charge in [-0.25, -0.2) is 4.39 Å². The number of hydrogen-bond donors (Lipinski definition) is 0. The quantitative estimate of drug-likeness (QED) is 0.216. The Balaban J connectivity index is 1.96. The van der Waals surface area contributed by atoms with Crippen LogP contribution in [0.25, 0.3) is 17.2 Å². The summed E-state index contributed by atoms with van der Waals surface area (Å²) in [7, 11) is -4.03. The minimum atomic E-state index is -4.03. The molecule has 0 saturated carbocycles. The maximum absolute atomic E-state index is 15.1. The van der Waals surface area contributed by atoms with Gasteiger partial charge < -0.3 is 4.74 Å². The van der Waals surface area contributed by atoms with Crippen molar-refractivity contribution in [3.05, 3.63) is 100 Å².